The van der Waals surface area contributed by atoms with Crippen molar-refractivity contribution in [2.45, 2.75) is 58.3 Å². The first kappa shape index (κ1) is 15.9. The first-order valence-electron chi connectivity index (χ1n) is 6.49. The second-order valence-corrected chi connectivity index (χ2v) is 4.52. The minimum absolute atomic E-state index is 0.127. The third kappa shape index (κ3) is 12.8. The van der Waals surface area contributed by atoms with Crippen LogP contribution in [0.5, 0.6) is 0 Å². The molecule has 17 heavy (non-hydrogen) atoms. The summed E-state index contributed by atoms with van der Waals surface area (Å²) in [6.07, 6.45) is 12.6. The molecule has 3 nitrogen and oxygen atoms in total. The maximum absolute atomic E-state index is 10.3. The molecule has 0 saturated carbocycles. The van der Waals surface area contributed by atoms with Crippen molar-refractivity contribution in [3.05, 3.63) is 12.2 Å². The molecule has 0 aliphatic carbocycles. The lowest BCUT2D eigenvalue weighted by molar-refractivity contribution is -0.137. The summed E-state index contributed by atoms with van der Waals surface area (Å²) < 4.78 is 0. The zero-order valence-corrected chi connectivity index (χ0v) is 10.7. The van der Waals surface area contributed by atoms with E-state index in [4.69, 9.17) is 5.11 Å². The lowest BCUT2D eigenvalue weighted by Crippen LogP contribution is -1.93. The van der Waals surface area contributed by atoms with Crippen LogP contribution in [0.1, 0.15) is 58.3 Å². The number of unbranched alkanes of at least 4 members (excludes halogenated alkanes) is 5. The molecule has 0 fully saturated rings. The van der Waals surface area contributed by atoms with Gasteiger partial charge in [-0.1, -0.05) is 38.3 Å². The lowest BCUT2D eigenvalue weighted by Gasteiger charge is -1.99. The van der Waals surface area contributed by atoms with E-state index in [1.165, 1.54) is 0 Å². The first-order valence-corrected chi connectivity index (χ1v) is 6.49. The summed E-state index contributed by atoms with van der Waals surface area (Å²) >= 11 is 0. The molecule has 0 saturated heterocycles. The molecule has 0 aromatic heterocycles. The van der Waals surface area contributed by atoms with Gasteiger partial charge in [-0.05, 0) is 25.7 Å². The first-order chi connectivity index (χ1) is 8.16. The molecule has 0 rings (SSSR count). The summed E-state index contributed by atoms with van der Waals surface area (Å²) in [5, 5.41) is 8.44. The predicted octanol–water partition coefficient (Wildman–Crippen LogP) is 3.58. The highest BCUT2D eigenvalue weighted by molar-refractivity contribution is 5.66. The van der Waals surface area contributed by atoms with Crippen LogP contribution in [0, 0.1) is 5.92 Å². The van der Waals surface area contributed by atoms with Crippen LogP contribution in [-0.2, 0) is 9.59 Å². The average molecular weight is 240 g/mol. The number of carboxylic acids is 1. The number of carbonyl (C=O) groups is 2. The number of hydrogen-bond donors (Lipinski definition) is 1. The number of allylic oxidation sites excluding steroid dienone is 2. The number of aldehydes is 1. The number of carbonyl (C=O) groups excluding carboxylic acids is 1. The van der Waals surface area contributed by atoms with Crippen LogP contribution in [0.4, 0.5) is 0 Å². The van der Waals surface area contributed by atoms with Crippen LogP contribution in [-0.4, -0.2) is 17.4 Å². The fourth-order valence-electron chi connectivity index (χ4n) is 1.55. The number of carboxylic acid groups (broad SMARTS) is 1. The van der Waals surface area contributed by atoms with Gasteiger partial charge in [-0.2, -0.15) is 0 Å². The van der Waals surface area contributed by atoms with Gasteiger partial charge in [0.2, 0.25) is 0 Å². The van der Waals surface area contributed by atoms with E-state index in [9.17, 15) is 9.59 Å². The third-order valence-corrected chi connectivity index (χ3v) is 2.67. The molecule has 0 aliphatic rings. The van der Waals surface area contributed by atoms with E-state index in [0.717, 1.165) is 51.2 Å². The van der Waals surface area contributed by atoms with E-state index >= 15 is 0 Å². The maximum atomic E-state index is 10.3. The van der Waals surface area contributed by atoms with E-state index in [0.29, 0.717) is 6.42 Å². The minimum atomic E-state index is -0.697. The van der Waals surface area contributed by atoms with Gasteiger partial charge in [0.05, 0.1) is 0 Å². The van der Waals surface area contributed by atoms with Crippen molar-refractivity contribution in [2.24, 2.45) is 5.92 Å². The molecule has 0 amide bonds. The van der Waals surface area contributed by atoms with Crippen LogP contribution in [0.15, 0.2) is 12.2 Å². The highest BCUT2D eigenvalue weighted by atomic mass is 16.4. The normalized spacial score (nSPS) is 12.8. The largest absolute Gasteiger partial charge is 0.481 e. The van der Waals surface area contributed by atoms with Gasteiger partial charge in [0.15, 0.2) is 0 Å². The SMILES string of the molecule is CC(C=O)C/C=C/CCCCCCCC(=O)O. The van der Waals surface area contributed by atoms with Crippen molar-refractivity contribution < 1.29 is 14.7 Å². The van der Waals surface area contributed by atoms with Gasteiger partial charge in [-0.25, -0.2) is 0 Å². The molecular formula is C14H24O3. The van der Waals surface area contributed by atoms with Crippen molar-refractivity contribution in [1.29, 1.82) is 0 Å². The highest BCUT2D eigenvalue weighted by Gasteiger charge is 1.96. The number of rotatable bonds is 11. The van der Waals surface area contributed by atoms with Crippen molar-refractivity contribution in [2.75, 3.05) is 0 Å². The van der Waals surface area contributed by atoms with E-state index in [1.54, 1.807) is 0 Å². The minimum Gasteiger partial charge on any atom is -0.481 e. The van der Waals surface area contributed by atoms with Gasteiger partial charge in [-0.3, -0.25) is 4.79 Å². The van der Waals surface area contributed by atoms with Gasteiger partial charge in [0.25, 0.3) is 0 Å². The van der Waals surface area contributed by atoms with Crippen molar-refractivity contribution in [3.8, 4) is 0 Å². The summed E-state index contributed by atoms with van der Waals surface area (Å²) in [5.74, 6) is -0.570. The zero-order chi connectivity index (χ0) is 12.9. The average Bonchev–Trinajstić information content (AvgIpc) is 2.30. The quantitative estimate of drug-likeness (QED) is 0.341. The second-order valence-electron chi connectivity index (χ2n) is 4.52. The standard InChI is InChI=1S/C14H24O3/c1-13(12-15)10-8-6-4-2-3-5-7-9-11-14(16)17/h6,8,12-13H,2-5,7,9-11H2,1H3,(H,16,17)/b8-6+. The van der Waals surface area contributed by atoms with E-state index < -0.39 is 5.97 Å². The number of hydrogen-bond acceptors (Lipinski definition) is 2. The molecule has 98 valence electrons. The van der Waals surface area contributed by atoms with Gasteiger partial charge >= 0.3 is 5.97 Å². The van der Waals surface area contributed by atoms with Crippen molar-refractivity contribution in [1.82, 2.24) is 0 Å². The molecule has 1 unspecified atom stereocenters. The van der Waals surface area contributed by atoms with Crippen LogP contribution in [0.25, 0.3) is 0 Å². The fraction of sp³-hybridized carbons (Fsp3) is 0.714. The van der Waals surface area contributed by atoms with E-state index in [1.807, 2.05) is 6.92 Å². The van der Waals surface area contributed by atoms with Gasteiger partial charge in [0, 0.05) is 12.3 Å². The Balaban J connectivity index is 3.18. The molecule has 0 bridgehead atoms. The van der Waals surface area contributed by atoms with Crippen LogP contribution in [0.2, 0.25) is 0 Å². The molecule has 3 heteroatoms. The summed E-state index contributed by atoms with van der Waals surface area (Å²) in [7, 11) is 0. The maximum Gasteiger partial charge on any atom is 0.303 e. The molecule has 0 aliphatic heterocycles. The molecule has 0 spiro atoms. The Kier molecular flexibility index (Phi) is 10.6. The molecule has 0 aromatic rings. The smallest absolute Gasteiger partial charge is 0.303 e. The van der Waals surface area contributed by atoms with Crippen LogP contribution >= 0.6 is 0 Å². The molecule has 0 aromatic carbocycles. The Bertz CT molecular complexity index is 234. The fourth-order valence-corrected chi connectivity index (χ4v) is 1.55. The highest BCUT2D eigenvalue weighted by Crippen LogP contribution is 2.08. The van der Waals surface area contributed by atoms with Crippen molar-refractivity contribution in [3.63, 3.8) is 0 Å². The second kappa shape index (κ2) is 11.4. The van der Waals surface area contributed by atoms with Gasteiger partial charge in [0.1, 0.15) is 6.29 Å². The molecule has 0 radical (unpaired) electrons. The Morgan fingerprint density at radius 2 is 1.76 bits per heavy atom. The Hall–Kier alpha value is -1.12. The van der Waals surface area contributed by atoms with E-state index in [-0.39, 0.29) is 5.92 Å². The molecule has 1 atom stereocenters. The van der Waals surface area contributed by atoms with Gasteiger partial charge < -0.3 is 9.90 Å². The number of aliphatic carboxylic acids is 1. The Labute approximate surface area is 104 Å². The summed E-state index contributed by atoms with van der Waals surface area (Å²) in [6, 6.07) is 0. The molecule has 1 N–H and O–H groups in total. The van der Waals surface area contributed by atoms with Crippen molar-refractivity contribution >= 4 is 12.3 Å². The summed E-state index contributed by atoms with van der Waals surface area (Å²) in [4.78, 5) is 20.6. The summed E-state index contributed by atoms with van der Waals surface area (Å²) in [6.45, 7) is 1.92. The molecule has 0 heterocycles. The Morgan fingerprint density at radius 1 is 1.12 bits per heavy atom. The monoisotopic (exact) mass is 240 g/mol. The van der Waals surface area contributed by atoms with Crippen LogP contribution in [0.3, 0.4) is 0 Å². The van der Waals surface area contributed by atoms with E-state index in [2.05, 4.69) is 12.2 Å². The molecular weight excluding hydrogens is 216 g/mol. The third-order valence-electron chi connectivity index (χ3n) is 2.67. The Morgan fingerprint density at radius 3 is 2.41 bits per heavy atom. The zero-order valence-electron chi connectivity index (χ0n) is 10.7. The summed E-state index contributed by atoms with van der Waals surface area (Å²) in [5.41, 5.74) is 0. The predicted molar refractivity (Wildman–Crippen MR) is 68.9 cm³/mol. The van der Waals surface area contributed by atoms with Gasteiger partial charge in [-0.15, -0.1) is 0 Å². The van der Waals surface area contributed by atoms with Crippen LogP contribution < -0.4 is 0 Å². The lowest BCUT2D eigenvalue weighted by atomic mass is 10.1. The topological polar surface area (TPSA) is 54.4 Å².